The zero-order valence-electron chi connectivity index (χ0n) is 22.2. The van der Waals surface area contributed by atoms with Crippen molar-refractivity contribution in [1.29, 1.82) is 0 Å². The Morgan fingerprint density at radius 3 is 1.81 bits per heavy atom. The Balaban J connectivity index is 3.98. The zero-order valence-corrected chi connectivity index (χ0v) is 22.2. The summed E-state index contributed by atoms with van der Waals surface area (Å²) >= 11 is 0. The van der Waals surface area contributed by atoms with Gasteiger partial charge in [-0.3, -0.25) is 14.5 Å². The van der Waals surface area contributed by atoms with Gasteiger partial charge in [-0.2, -0.15) is 0 Å². The number of methoxy groups -OCH3 is 1. The molecule has 0 aliphatic heterocycles. The quantitative estimate of drug-likeness (QED) is 0.102. The summed E-state index contributed by atoms with van der Waals surface area (Å²) in [4.78, 5) is 26.9. The van der Waals surface area contributed by atoms with E-state index >= 15 is 0 Å². The molecule has 0 saturated carbocycles. The van der Waals surface area contributed by atoms with Gasteiger partial charge in [0.05, 0.1) is 13.2 Å². The highest BCUT2D eigenvalue weighted by atomic mass is 16.5. The lowest BCUT2D eigenvalue weighted by Gasteiger charge is -2.38. The second kappa shape index (κ2) is 19.3. The third-order valence-electron chi connectivity index (χ3n) is 6.65. The summed E-state index contributed by atoms with van der Waals surface area (Å²) in [5.41, 5.74) is -0.799. The number of carbonyl (C=O) groups excluding carboxylic acids is 2. The number of carbonyl (C=O) groups is 2. The fourth-order valence-corrected chi connectivity index (χ4v) is 4.16. The number of unbranched alkanes of at least 4 members (excludes halogenated alkanes) is 11. The van der Waals surface area contributed by atoms with Crippen LogP contribution in [0.25, 0.3) is 0 Å². The maximum Gasteiger partial charge on any atom is 0.325 e. The summed E-state index contributed by atoms with van der Waals surface area (Å²) in [5.74, 6) is -0.0427. The normalized spacial score (nSPS) is 13.1. The van der Waals surface area contributed by atoms with Crippen molar-refractivity contribution in [2.45, 2.75) is 142 Å². The van der Waals surface area contributed by atoms with Crippen molar-refractivity contribution in [3.05, 3.63) is 12.2 Å². The van der Waals surface area contributed by atoms with E-state index in [1.807, 2.05) is 25.8 Å². The molecule has 188 valence electrons. The molecular weight excluding hydrogens is 398 g/mol. The average Bonchev–Trinajstić information content (AvgIpc) is 2.78. The minimum absolute atomic E-state index is 0.217. The minimum atomic E-state index is -0.799. The molecule has 0 heterocycles. The predicted molar refractivity (Wildman–Crippen MR) is 137 cm³/mol. The van der Waals surface area contributed by atoms with Crippen LogP contribution in [0.4, 0.5) is 0 Å². The molecule has 0 aromatic rings. The Morgan fingerprint density at radius 1 is 0.812 bits per heavy atom. The van der Waals surface area contributed by atoms with Crippen LogP contribution in [0, 0.1) is 0 Å². The van der Waals surface area contributed by atoms with E-state index in [0.717, 1.165) is 25.7 Å². The first-order valence-electron chi connectivity index (χ1n) is 13.3. The molecule has 0 rings (SSSR count). The van der Waals surface area contributed by atoms with E-state index in [0.29, 0.717) is 6.42 Å². The minimum Gasteiger partial charge on any atom is -0.468 e. The van der Waals surface area contributed by atoms with Crippen molar-refractivity contribution >= 4 is 11.8 Å². The largest absolute Gasteiger partial charge is 0.468 e. The molecule has 0 radical (unpaired) electrons. The van der Waals surface area contributed by atoms with Gasteiger partial charge in [0, 0.05) is 6.42 Å². The lowest BCUT2D eigenvalue weighted by atomic mass is 9.94. The van der Waals surface area contributed by atoms with Crippen molar-refractivity contribution < 1.29 is 14.3 Å². The smallest absolute Gasteiger partial charge is 0.325 e. The van der Waals surface area contributed by atoms with Gasteiger partial charge in [-0.1, -0.05) is 83.8 Å². The number of hydrogen-bond acceptors (Lipinski definition) is 4. The predicted octanol–water partition coefficient (Wildman–Crippen LogP) is 7.65. The van der Waals surface area contributed by atoms with Crippen LogP contribution < -0.4 is 0 Å². The summed E-state index contributed by atoms with van der Waals surface area (Å²) in [7, 11) is 3.27. The molecule has 0 aromatic carbocycles. The topological polar surface area (TPSA) is 46.6 Å². The summed E-state index contributed by atoms with van der Waals surface area (Å²) < 4.78 is 4.94. The molecule has 0 saturated heterocycles. The lowest BCUT2D eigenvalue weighted by molar-refractivity contribution is -0.154. The van der Waals surface area contributed by atoms with E-state index in [-0.39, 0.29) is 17.8 Å². The van der Waals surface area contributed by atoms with Gasteiger partial charge in [0.1, 0.15) is 11.3 Å². The first-order valence-corrected chi connectivity index (χ1v) is 13.3. The molecule has 0 aliphatic rings. The van der Waals surface area contributed by atoms with Crippen LogP contribution in [-0.4, -0.2) is 42.4 Å². The number of hydrogen-bond donors (Lipinski definition) is 0. The third-order valence-corrected chi connectivity index (χ3v) is 6.65. The van der Waals surface area contributed by atoms with E-state index in [1.54, 1.807) is 0 Å². The number of allylic oxidation sites excluding steroid dienone is 2. The molecule has 0 aliphatic carbocycles. The highest BCUT2D eigenvalue weighted by Gasteiger charge is 2.39. The van der Waals surface area contributed by atoms with Gasteiger partial charge < -0.3 is 4.74 Å². The Hall–Kier alpha value is -1.16. The Morgan fingerprint density at radius 2 is 1.31 bits per heavy atom. The van der Waals surface area contributed by atoms with Crippen LogP contribution in [0.2, 0.25) is 0 Å². The maximum absolute atomic E-state index is 12.9. The number of Topliss-reactive ketones (excluding diaryl/α,β-unsaturated/α-hetero) is 1. The molecule has 1 atom stereocenters. The van der Waals surface area contributed by atoms with Gasteiger partial charge in [0.2, 0.25) is 0 Å². The first kappa shape index (κ1) is 30.8. The zero-order chi connectivity index (χ0) is 24.2. The van der Waals surface area contributed by atoms with E-state index < -0.39 is 5.54 Å². The van der Waals surface area contributed by atoms with Crippen molar-refractivity contribution in [3.63, 3.8) is 0 Å². The van der Waals surface area contributed by atoms with Gasteiger partial charge in [0.25, 0.3) is 0 Å². The number of ether oxygens (including phenoxy) is 1. The number of ketones is 1. The molecule has 0 fully saturated rings. The number of nitrogens with zero attached hydrogens (tertiary/aromatic N) is 1. The average molecular weight is 452 g/mol. The molecule has 0 aromatic heterocycles. The number of esters is 1. The molecule has 0 N–H and O–H groups in total. The second-order valence-electron chi connectivity index (χ2n) is 9.77. The standard InChI is InChI=1S/C28H53NO3/c1-7-9-10-11-12-13-14-15-16-17-18-19-20-21-22-24-26(30)25(23-8-2)29(5)28(3,4)27(31)32-6/h15-16,25H,7-14,17-24H2,1-6H3/b16-15-. The van der Waals surface area contributed by atoms with E-state index in [2.05, 4.69) is 26.0 Å². The van der Waals surface area contributed by atoms with E-state index in [4.69, 9.17) is 4.74 Å². The molecule has 32 heavy (non-hydrogen) atoms. The highest BCUT2D eigenvalue weighted by Crippen LogP contribution is 2.22. The molecule has 0 amide bonds. The lowest BCUT2D eigenvalue weighted by Crippen LogP contribution is -2.55. The van der Waals surface area contributed by atoms with Crippen molar-refractivity contribution in [2.75, 3.05) is 14.2 Å². The number of likely N-dealkylation sites (N-methyl/N-ethyl adjacent to an activating group) is 1. The van der Waals surface area contributed by atoms with E-state index in [1.165, 1.54) is 77.7 Å². The van der Waals surface area contributed by atoms with Gasteiger partial charge >= 0.3 is 5.97 Å². The molecular formula is C28H53NO3. The van der Waals surface area contributed by atoms with Crippen LogP contribution in [0.1, 0.15) is 130 Å². The Bertz CT molecular complexity index is 513. The van der Waals surface area contributed by atoms with Crippen molar-refractivity contribution in [3.8, 4) is 0 Å². The maximum atomic E-state index is 12.9. The van der Waals surface area contributed by atoms with Crippen molar-refractivity contribution in [1.82, 2.24) is 4.90 Å². The molecule has 0 bridgehead atoms. The fraction of sp³-hybridized carbons (Fsp3) is 0.857. The van der Waals surface area contributed by atoms with Crippen LogP contribution in [0.5, 0.6) is 0 Å². The second-order valence-corrected chi connectivity index (χ2v) is 9.77. The Kier molecular flexibility index (Phi) is 18.6. The summed E-state index contributed by atoms with van der Waals surface area (Å²) in [6.45, 7) is 8.01. The van der Waals surface area contributed by atoms with Crippen LogP contribution in [-0.2, 0) is 14.3 Å². The van der Waals surface area contributed by atoms with Gasteiger partial charge in [-0.15, -0.1) is 0 Å². The molecule has 0 spiro atoms. The SMILES string of the molecule is CCCCCCCC/C=C\CCCCCCCC(=O)C(CCC)N(C)C(C)(C)C(=O)OC. The molecule has 4 nitrogen and oxygen atoms in total. The summed E-state index contributed by atoms with van der Waals surface area (Å²) in [5, 5.41) is 0. The first-order chi connectivity index (χ1) is 15.3. The molecule has 4 heteroatoms. The highest BCUT2D eigenvalue weighted by molar-refractivity contribution is 5.86. The van der Waals surface area contributed by atoms with Gasteiger partial charge in [-0.25, -0.2) is 0 Å². The summed E-state index contributed by atoms with van der Waals surface area (Å²) in [6, 6.07) is -0.217. The van der Waals surface area contributed by atoms with Crippen LogP contribution in [0.3, 0.4) is 0 Å². The third kappa shape index (κ3) is 13.4. The van der Waals surface area contributed by atoms with E-state index in [9.17, 15) is 9.59 Å². The monoisotopic (exact) mass is 451 g/mol. The van der Waals surface area contributed by atoms with Gasteiger partial charge in [0.15, 0.2) is 0 Å². The van der Waals surface area contributed by atoms with Crippen molar-refractivity contribution in [2.24, 2.45) is 0 Å². The Labute approximate surface area is 199 Å². The van der Waals surface area contributed by atoms with Crippen LogP contribution >= 0.6 is 0 Å². The number of rotatable bonds is 21. The fourth-order valence-electron chi connectivity index (χ4n) is 4.16. The van der Waals surface area contributed by atoms with Gasteiger partial charge in [-0.05, 0) is 59.4 Å². The molecule has 1 unspecified atom stereocenters. The van der Waals surface area contributed by atoms with Crippen LogP contribution in [0.15, 0.2) is 12.2 Å². The summed E-state index contributed by atoms with van der Waals surface area (Å²) in [6.07, 6.45) is 23.4.